The Morgan fingerprint density at radius 2 is 1.94 bits per heavy atom. The van der Waals surface area contributed by atoms with Crippen molar-refractivity contribution in [3.63, 3.8) is 0 Å². The van der Waals surface area contributed by atoms with Gasteiger partial charge in [0.1, 0.15) is 0 Å². The van der Waals surface area contributed by atoms with Gasteiger partial charge in [-0.2, -0.15) is 0 Å². The zero-order chi connectivity index (χ0) is 12.1. The molecule has 0 amide bonds. The van der Waals surface area contributed by atoms with Crippen molar-refractivity contribution in [1.82, 2.24) is 10.2 Å². The van der Waals surface area contributed by atoms with E-state index in [1.54, 1.807) is 0 Å². The number of nitrogens with zero attached hydrogens (tertiary/aromatic N) is 1. The lowest BCUT2D eigenvalue weighted by molar-refractivity contribution is 0.269. The predicted molar refractivity (Wildman–Crippen MR) is 74.3 cm³/mol. The zero-order valence-electron chi connectivity index (χ0n) is 11.8. The van der Waals surface area contributed by atoms with Crippen LogP contribution in [0.25, 0.3) is 0 Å². The summed E-state index contributed by atoms with van der Waals surface area (Å²) in [5.74, 6) is 1.86. The predicted octanol–water partition coefficient (Wildman–Crippen LogP) is 2.89. The molecule has 2 rings (SSSR count). The molecule has 2 nitrogen and oxygen atoms in total. The molecule has 2 unspecified atom stereocenters. The van der Waals surface area contributed by atoms with Gasteiger partial charge < -0.3 is 10.2 Å². The van der Waals surface area contributed by atoms with Crippen LogP contribution in [0.5, 0.6) is 0 Å². The number of hydrogen-bond acceptors (Lipinski definition) is 2. The number of nitrogens with one attached hydrogen (secondary N) is 1. The maximum atomic E-state index is 3.81. The molecule has 1 aliphatic carbocycles. The van der Waals surface area contributed by atoms with Crippen LogP contribution in [0.3, 0.4) is 0 Å². The van der Waals surface area contributed by atoms with Crippen molar-refractivity contribution in [3.8, 4) is 0 Å². The fourth-order valence-corrected chi connectivity index (χ4v) is 3.52. The molecule has 0 aromatic heterocycles. The Bertz CT molecular complexity index is 211. The van der Waals surface area contributed by atoms with E-state index in [1.807, 2.05) is 0 Å². The van der Waals surface area contributed by atoms with E-state index in [4.69, 9.17) is 0 Å². The number of hydrogen-bond donors (Lipinski definition) is 1. The van der Waals surface area contributed by atoms with Crippen molar-refractivity contribution in [3.05, 3.63) is 0 Å². The lowest BCUT2D eigenvalue weighted by atomic mass is 9.84. The van der Waals surface area contributed by atoms with Gasteiger partial charge in [-0.25, -0.2) is 0 Å². The molecule has 100 valence electrons. The summed E-state index contributed by atoms with van der Waals surface area (Å²) in [5.41, 5.74) is 0. The third kappa shape index (κ3) is 3.96. The van der Waals surface area contributed by atoms with E-state index in [1.165, 1.54) is 64.7 Å². The van der Waals surface area contributed by atoms with Crippen LogP contribution < -0.4 is 5.32 Å². The molecule has 0 spiro atoms. The Kier molecular flexibility index (Phi) is 5.30. The van der Waals surface area contributed by atoms with E-state index >= 15 is 0 Å². The summed E-state index contributed by atoms with van der Waals surface area (Å²) < 4.78 is 0. The smallest absolute Gasteiger partial charge is 0.00671 e. The largest absolute Gasteiger partial charge is 0.314 e. The van der Waals surface area contributed by atoms with E-state index in [-0.39, 0.29) is 0 Å². The molecule has 0 bridgehead atoms. The number of likely N-dealkylation sites (tertiary alicyclic amines) is 1. The van der Waals surface area contributed by atoms with E-state index in [0.29, 0.717) is 0 Å². The minimum absolute atomic E-state index is 0.742. The first-order chi connectivity index (χ1) is 8.29. The highest BCUT2D eigenvalue weighted by molar-refractivity contribution is 4.80. The summed E-state index contributed by atoms with van der Waals surface area (Å²) >= 11 is 0. The van der Waals surface area contributed by atoms with Crippen molar-refractivity contribution < 1.29 is 0 Å². The van der Waals surface area contributed by atoms with Crippen LogP contribution in [0, 0.1) is 11.8 Å². The first-order valence-corrected chi connectivity index (χ1v) is 7.75. The van der Waals surface area contributed by atoms with E-state index in [0.717, 1.165) is 17.9 Å². The molecule has 1 saturated heterocycles. The van der Waals surface area contributed by atoms with E-state index < -0.39 is 0 Å². The first-order valence-electron chi connectivity index (χ1n) is 7.75. The highest BCUT2D eigenvalue weighted by Crippen LogP contribution is 2.26. The van der Waals surface area contributed by atoms with Crippen LogP contribution in [0.1, 0.15) is 52.4 Å². The Labute approximate surface area is 107 Å². The van der Waals surface area contributed by atoms with Crippen molar-refractivity contribution in [2.45, 2.75) is 58.4 Å². The van der Waals surface area contributed by atoms with Gasteiger partial charge in [0.15, 0.2) is 0 Å². The second kappa shape index (κ2) is 6.75. The fourth-order valence-electron chi connectivity index (χ4n) is 3.52. The van der Waals surface area contributed by atoms with Gasteiger partial charge in [-0.1, -0.05) is 26.2 Å². The summed E-state index contributed by atoms with van der Waals surface area (Å²) in [4.78, 5) is 2.58. The van der Waals surface area contributed by atoms with Crippen LogP contribution in [0.4, 0.5) is 0 Å². The Morgan fingerprint density at radius 1 is 1.18 bits per heavy atom. The third-order valence-electron chi connectivity index (χ3n) is 4.90. The van der Waals surface area contributed by atoms with Crippen LogP contribution in [0.15, 0.2) is 0 Å². The molecule has 0 radical (unpaired) electrons. The molecule has 0 aromatic rings. The molecular weight excluding hydrogens is 208 g/mol. The monoisotopic (exact) mass is 238 g/mol. The van der Waals surface area contributed by atoms with Crippen molar-refractivity contribution in [2.24, 2.45) is 11.8 Å². The van der Waals surface area contributed by atoms with Crippen LogP contribution in [0.2, 0.25) is 0 Å². The summed E-state index contributed by atoms with van der Waals surface area (Å²) in [6.07, 6.45) is 8.71. The molecule has 1 saturated carbocycles. The van der Waals surface area contributed by atoms with E-state index in [2.05, 4.69) is 24.1 Å². The minimum Gasteiger partial charge on any atom is -0.314 e. The molecule has 2 aliphatic rings. The summed E-state index contributed by atoms with van der Waals surface area (Å²) in [5, 5.41) is 3.81. The Balaban J connectivity index is 1.64. The normalized spacial score (nSPS) is 29.6. The van der Waals surface area contributed by atoms with Crippen LogP contribution in [-0.4, -0.2) is 37.1 Å². The van der Waals surface area contributed by atoms with Gasteiger partial charge in [-0.3, -0.25) is 0 Å². The topological polar surface area (TPSA) is 15.3 Å². The van der Waals surface area contributed by atoms with Gasteiger partial charge in [-0.15, -0.1) is 0 Å². The molecule has 2 fully saturated rings. The van der Waals surface area contributed by atoms with Crippen LogP contribution >= 0.6 is 0 Å². The average molecular weight is 238 g/mol. The van der Waals surface area contributed by atoms with Gasteiger partial charge in [0, 0.05) is 12.6 Å². The molecule has 1 aliphatic heterocycles. The summed E-state index contributed by atoms with van der Waals surface area (Å²) in [7, 11) is 0. The molecule has 0 aromatic carbocycles. The standard InChI is InChI=1S/C15H30N2/c1-3-17-10-9-14(12-17)11-16-13(2)15-7-5-4-6-8-15/h13-16H,3-12H2,1-2H3. The lowest BCUT2D eigenvalue weighted by Crippen LogP contribution is -2.38. The molecule has 2 heteroatoms. The zero-order valence-corrected chi connectivity index (χ0v) is 11.8. The highest BCUT2D eigenvalue weighted by Gasteiger charge is 2.24. The average Bonchev–Trinajstić information content (AvgIpc) is 2.85. The van der Waals surface area contributed by atoms with Gasteiger partial charge in [-0.05, 0) is 57.7 Å². The molecule has 1 heterocycles. The quantitative estimate of drug-likeness (QED) is 0.792. The Hall–Kier alpha value is -0.0800. The van der Waals surface area contributed by atoms with Crippen LogP contribution in [-0.2, 0) is 0 Å². The molecule has 1 N–H and O–H groups in total. The van der Waals surface area contributed by atoms with Gasteiger partial charge in [0.2, 0.25) is 0 Å². The highest BCUT2D eigenvalue weighted by atomic mass is 15.1. The van der Waals surface area contributed by atoms with Gasteiger partial charge in [0.25, 0.3) is 0 Å². The summed E-state index contributed by atoms with van der Waals surface area (Å²) in [6, 6.07) is 0.742. The fraction of sp³-hybridized carbons (Fsp3) is 1.00. The SMILES string of the molecule is CCN1CCC(CNC(C)C2CCCCC2)C1. The van der Waals surface area contributed by atoms with E-state index in [9.17, 15) is 0 Å². The second-order valence-corrected chi connectivity index (χ2v) is 6.14. The van der Waals surface area contributed by atoms with Gasteiger partial charge >= 0.3 is 0 Å². The van der Waals surface area contributed by atoms with Crippen molar-refractivity contribution in [1.29, 1.82) is 0 Å². The second-order valence-electron chi connectivity index (χ2n) is 6.14. The van der Waals surface area contributed by atoms with Gasteiger partial charge in [0.05, 0.1) is 0 Å². The number of rotatable bonds is 5. The third-order valence-corrected chi connectivity index (χ3v) is 4.90. The minimum atomic E-state index is 0.742. The molecule has 17 heavy (non-hydrogen) atoms. The van der Waals surface area contributed by atoms with Crippen molar-refractivity contribution >= 4 is 0 Å². The first kappa shape index (κ1) is 13.4. The molecular formula is C15H30N2. The summed E-state index contributed by atoms with van der Waals surface area (Å²) in [6.45, 7) is 9.80. The lowest BCUT2D eigenvalue weighted by Gasteiger charge is -2.29. The molecule has 2 atom stereocenters. The maximum absolute atomic E-state index is 3.81. The van der Waals surface area contributed by atoms with Crippen molar-refractivity contribution in [2.75, 3.05) is 26.2 Å². The maximum Gasteiger partial charge on any atom is 0.00671 e. The Morgan fingerprint density at radius 3 is 2.59 bits per heavy atom.